The Kier molecular flexibility index (Phi) is 9.63. The number of piperazine rings is 1. The van der Waals surface area contributed by atoms with E-state index in [0.717, 1.165) is 12.0 Å². The molecule has 230 valence electrons. The highest BCUT2D eigenvalue weighted by molar-refractivity contribution is 7.89. The number of ether oxygens (including phenoxy) is 1. The van der Waals surface area contributed by atoms with Gasteiger partial charge in [-0.2, -0.15) is 4.31 Å². The molecule has 3 aliphatic heterocycles. The van der Waals surface area contributed by atoms with Crippen LogP contribution in [0.3, 0.4) is 0 Å². The molecule has 3 saturated heterocycles. The van der Waals surface area contributed by atoms with Crippen LogP contribution in [0.2, 0.25) is 0 Å². The molecule has 0 saturated carbocycles. The Hall–Kier alpha value is -2.44. The van der Waals surface area contributed by atoms with Gasteiger partial charge in [-0.1, -0.05) is 18.2 Å². The number of amides is 1. The van der Waals surface area contributed by atoms with Gasteiger partial charge >= 0.3 is 0 Å². The number of hydrogen-bond donors (Lipinski definition) is 3. The fraction of sp³-hybridized carbons (Fsp3) is 0.581. The number of rotatable bonds is 8. The van der Waals surface area contributed by atoms with Crippen molar-refractivity contribution >= 4 is 21.6 Å². The molecule has 3 fully saturated rings. The molecular weight excluding hydrogens is 562 g/mol. The van der Waals surface area contributed by atoms with Crippen LogP contribution in [0.5, 0.6) is 0 Å². The highest BCUT2D eigenvalue weighted by atomic mass is 32.2. The summed E-state index contributed by atoms with van der Waals surface area (Å²) in [6.45, 7) is 5.00. The Bertz CT molecular complexity index is 1350. The van der Waals surface area contributed by atoms with Crippen LogP contribution in [0.4, 0.5) is 14.5 Å². The molecule has 2 unspecified atom stereocenters. The number of nitrogens with zero attached hydrogens (tertiary/aromatic N) is 1. The van der Waals surface area contributed by atoms with Gasteiger partial charge in [0, 0.05) is 36.8 Å². The third kappa shape index (κ3) is 7.19. The van der Waals surface area contributed by atoms with Crippen LogP contribution in [0.1, 0.15) is 63.0 Å². The van der Waals surface area contributed by atoms with Crippen molar-refractivity contribution in [2.24, 2.45) is 11.7 Å². The van der Waals surface area contributed by atoms with Crippen LogP contribution in [0.15, 0.2) is 42.5 Å². The normalized spacial score (nSPS) is 30.6. The summed E-state index contributed by atoms with van der Waals surface area (Å²) in [5, 5.41) is 6.34. The average Bonchev–Trinajstić information content (AvgIpc) is 3.05. The van der Waals surface area contributed by atoms with Crippen molar-refractivity contribution in [1.82, 2.24) is 9.62 Å². The van der Waals surface area contributed by atoms with Crippen molar-refractivity contribution < 1.29 is 26.7 Å². The third-order valence-electron chi connectivity index (χ3n) is 9.02. The molecule has 0 aromatic heterocycles. The zero-order chi connectivity index (χ0) is 30.0. The Morgan fingerprint density at radius 2 is 1.81 bits per heavy atom. The van der Waals surface area contributed by atoms with E-state index >= 15 is 0 Å². The molecule has 0 aliphatic carbocycles. The van der Waals surface area contributed by atoms with E-state index in [9.17, 15) is 22.0 Å². The first-order valence-electron chi connectivity index (χ1n) is 15.0. The first-order chi connectivity index (χ1) is 20.0. The summed E-state index contributed by atoms with van der Waals surface area (Å²) >= 11 is 0. The fourth-order valence-corrected chi connectivity index (χ4v) is 8.84. The highest BCUT2D eigenvalue weighted by Gasteiger charge is 2.39. The van der Waals surface area contributed by atoms with Crippen molar-refractivity contribution in [1.29, 1.82) is 0 Å². The van der Waals surface area contributed by atoms with E-state index in [1.807, 2.05) is 13.8 Å². The molecule has 2 aromatic rings. The smallest absolute Gasteiger partial charge is 0.241 e. The molecule has 8 atom stereocenters. The van der Waals surface area contributed by atoms with Gasteiger partial charge in [-0.15, -0.1) is 0 Å². The lowest BCUT2D eigenvalue weighted by atomic mass is 9.74. The third-order valence-corrected chi connectivity index (χ3v) is 11.0. The van der Waals surface area contributed by atoms with Gasteiger partial charge in [0.05, 0.1) is 24.0 Å². The molecule has 1 amide bonds. The number of fused-ring (bicyclic) bond motifs is 2. The monoisotopic (exact) mass is 604 g/mol. The van der Waals surface area contributed by atoms with Gasteiger partial charge in [0.15, 0.2) is 0 Å². The van der Waals surface area contributed by atoms with Crippen molar-refractivity contribution in [3.63, 3.8) is 0 Å². The molecule has 11 heteroatoms. The number of anilines is 1. The minimum Gasteiger partial charge on any atom is -0.376 e. The van der Waals surface area contributed by atoms with Gasteiger partial charge in [-0.05, 0) is 93.7 Å². The molecule has 3 aliphatic rings. The first kappa shape index (κ1) is 31.0. The highest BCUT2D eigenvalue weighted by Crippen LogP contribution is 2.38. The molecule has 4 N–H and O–H groups in total. The maximum Gasteiger partial charge on any atom is 0.241 e. The maximum absolute atomic E-state index is 14.4. The van der Waals surface area contributed by atoms with E-state index in [1.165, 1.54) is 24.3 Å². The zero-order valence-electron chi connectivity index (χ0n) is 24.3. The van der Waals surface area contributed by atoms with Crippen LogP contribution >= 0.6 is 0 Å². The van der Waals surface area contributed by atoms with Crippen molar-refractivity contribution in [3.05, 3.63) is 65.2 Å². The van der Waals surface area contributed by atoms with Gasteiger partial charge in [-0.25, -0.2) is 17.2 Å². The Balaban J connectivity index is 1.34. The second kappa shape index (κ2) is 13.1. The largest absolute Gasteiger partial charge is 0.376 e. The second-order valence-corrected chi connectivity index (χ2v) is 14.2. The average molecular weight is 605 g/mol. The van der Waals surface area contributed by atoms with E-state index in [-0.39, 0.29) is 41.8 Å². The Morgan fingerprint density at radius 1 is 1.12 bits per heavy atom. The lowest BCUT2D eigenvalue weighted by molar-refractivity contribution is -0.119. The van der Waals surface area contributed by atoms with Gasteiger partial charge in [-0.3, -0.25) is 4.79 Å². The second-order valence-electron chi connectivity index (χ2n) is 12.2. The summed E-state index contributed by atoms with van der Waals surface area (Å²) in [6.07, 6.45) is 3.83. The number of benzene rings is 2. The van der Waals surface area contributed by atoms with E-state index < -0.39 is 33.7 Å². The molecular formula is C31H42F2N4O4S. The van der Waals surface area contributed by atoms with Crippen molar-refractivity contribution in [3.8, 4) is 0 Å². The molecule has 2 aromatic carbocycles. The number of hydrogen-bond acceptors (Lipinski definition) is 6. The summed E-state index contributed by atoms with van der Waals surface area (Å²) in [6, 6.07) is 9.31. The van der Waals surface area contributed by atoms with Crippen LogP contribution in [-0.2, 0) is 26.0 Å². The first-order valence-corrected chi connectivity index (χ1v) is 16.6. The molecule has 42 heavy (non-hydrogen) atoms. The molecule has 2 bridgehead atoms. The Morgan fingerprint density at radius 3 is 2.52 bits per heavy atom. The number of aryl methyl sites for hydroxylation is 1. The fourth-order valence-electron chi connectivity index (χ4n) is 7.04. The molecule has 0 radical (unpaired) electrons. The summed E-state index contributed by atoms with van der Waals surface area (Å²) < 4.78 is 61.5. The van der Waals surface area contributed by atoms with Gasteiger partial charge in [0.25, 0.3) is 0 Å². The number of sulfonamides is 1. The number of nitrogens with one attached hydrogen (secondary N) is 2. The SMILES string of the molecule is C[C@@H]1CC([C@H](c2ccc(F)cc2)[C@H](N)C(=O)Nc2cc(F)ccc2CC[C@H]2CN[C@@H]3CCCS(=O)(=O)N2C3)C[C@H](C)O1. The van der Waals surface area contributed by atoms with E-state index in [0.29, 0.717) is 56.4 Å². The molecule has 0 spiro atoms. The van der Waals surface area contributed by atoms with E-state index in [1.54, 1.807) is 22.5 Å². The predicted octanol–water partition coefficient (Wildman–Crippen LogP) is 3.92. The summed E-state index contributed by atoms with van der Waals surface area (Å²) in [5.74, 6) is -1.55. The minimum atomic E-state index is -3.34. The number of carbonyl (C=O) groups is 1. The molecule has 8 nitrogen and oxygen atoms in total. The quantitative estimate of drug-likeness (QED) is 0.421. The van der Waals surface area contributed by atoms with Crippen LogP contribution in [0, 0.1) is 17.6 Å². The zero-order valence-corrected chi connectivity index (χ0v) is 25.1. The van der Waals surface area contributed by atoms with Crippen molar-refractivity contribution in [2.75, 3.05) is 24.2 Å². The topological polar surface area (TPSA) is 114 Å². The number of nitrogens with two attached hydrogens (primary N) is 1. The van der Waals surface area contributed by atoms with Crippen LogP contribution < -0.4 is 16.4 Å². The van der Waals surface area contributed by atoms with Gasteiger partial charge in [0.1, 0.15) is 11.6 Å². The van der Waals surface area contributed by atoms with Crippen LogP contribution in [0.25, 0.3) is 0 Å². The maximum atomic E-state index is 14.4. The Labute approximate surface area is 247 Å². The number of halogens is 2. The summed E-state index contributed by atoms with van der Waals surface area (Å²) in [5.41, 5.74) is 8.46. The summed E-state index contributed by atoms with van der Waals surface area (Å²) in [7, 11) is -3.34. The lowest BCUT2D eigenvalue weighted by Crippen LogP contribution is -2.57. The predicted molar refractivity (Wildman–Crippen MR) is 159 cm³/mol. The number of carbonyl (C=O) groups excluding carboxylic acids is 1. The molecule has 5 rings (SSSR count). The standard InChI is InChI=1S/C31H42F2N4O4S/c1-19-14-23(15-20(2)41-19)29(22-6-9-24(32)10-7-22)30(34)31(38)36-28-16-25(33)11-5-21(28)8-12-27-17-35-26-4-3-13-42(39,40)37(27)18-26/h5-7,9-11,16,19-20,23,26-27,29-30,35H,3-4,8,12-15,17-18,34H2,1-2H3,(H,36,38)/t19-,20+,23?,26-,27+,29+,30+/m1/s1. The molecule has 3 heterocycles. The van der Waals surface area contributed by atoms with E-state index in [4.69, 9.17) is 10.5 Å². The van der Waals surface area contributed by atoms with E-state index in [2.05, 4.69) is 10.6 Å². The van der Waals surface area contributed by atoms with Gasteiger partial charge < -0.3 is 21.1 Å². The summed E-state index contributed by atoms with van der Waals surface area (Å²) in [4.78, 5) is 13.7. The van der Waals surface area contributed by atoms with Crippen molar-refractivity contribution in [2.45, 2.75) is 88.6 Å². The van der Waals surface area contributed by atoms with Crippen LogP contribution in [-0.4, -0.2) is 67.8 Å². The minimum absolute atomic E-state index is 0.00986. The lowest BCUT2D eigenvalue weighted by Gasteiger charge is -2.39. The van der Waals surface area contributed by atoms with Gasteiger partial charge in [0.2, 0.25) is 15.9 Å².